The van der Waals surface area contributed by atoms with Crippen molar-refractivity contribution in [3.05, 3.63) is 0 Å². The summed E-state index contributed by atoms with van der Waals surface area (Å²) in [6.45, 7) is -0.799. The summed E-state index contributed by atoms with van der Waals surface area (Å²) >= 11 is 5.28. The molecule has 0 rings (SSSR count). The number of amides is 4. The van der Waals surface area contributed by atoms with E-state index in [1.54, 1.807) is 0 Å². The Morgan fingerprint density at radius 2 is 1.52 bits per heavy atom. The first-order chi connectivity index (χ1) is 13.6. The van der Waals surface area contributed by atoms with E-state index >= 15 is 0 Å². The monoisotopic (exact) mass is 453 g/mol. The van der Waals surface area contributed by atoms with Crippen LogP contribution < -0.4 is 27.4 Å². The minimum atomic E-state index is -1.52. The maximum absolute atomic E-state index is 12.3. The van der Waals surface area contributed by atoms with Crippen molar-refractivity contribution >= 4 is 54.0 Å². The number of hydrogen-bond donors (Lipinski definition) is 8. The molecule has 0 aliphatic carbocycles. The lowest BCUT2D eigenvalue weighted by atomic mass is 10.1. The molecular weight excluding hydrogens is 426 g/mol. The molecular formula is C15H27N5O7S2. The quantitative estimate of drug-likeness (QED) is 0.122. The highest BCUT2D eigenvalue weighted by molar-refractivity contribution is 7.98. The summed E-state index contributed by atoms with van der Waals surface area (Å²) in [5.74, 6) is -4.56. The summed E-state index contributed by atoms with van der Waals surface area (Å²) in [6.07, 6.45) is 1.55. The van der Waals surface area contributed by atoms with Crippen molar-refractivity contribution in [1.29, 1.82) is 0 Å². The number of carbonyl (C=O) groups excluding carboxylic acids is 4. The predicted molar refractivity (Wildman–Crippen MR) is 109 cm³/mol. The van der Waals surface area contributed by atoms with E-state index in [1.165, 1.54) is 11.8 Å². The van der Waals surface area contributed by atoms with E-state index in [1.807, 2.05) is 6.26 Å². The minimum absolute atomic E-state index is 0.235. The molecule has 0 aliphatic heterocycles. The molecule has 9 N–H and O–H groups in total. The van der Waals surface area contributed by atoms with Gasteiger partial charge >= 0.3 is 5.97 Å². The normalized spacial score (nSPS) is 14.8. The molecule has 0 spiro atoms. The Balaban J connectivity index is 5.12. The Morgan fingerprint density at radius 3 is 1.97 bits per heavy atom. The molecule has 0 radical (unpaired) electrons. The van der Waals surface area contributed by atoms with Crippen LogP contribution >= 0.6 is 24.4 Å². The maximum atomic E-state index is 12.3. The van der Waals surface area contributed by atoms with Crippen molar-refractivity contribution in [3.63, 3.8) is 0 Å². The van der Waals surface area contributed by atoms with Crippen molar-refractivity contribution in [2.24, 2.45) is 11.5 Å². The van der Waals surface area contributed by atoms with Gasteiger partial charge in [0.2, 0.25) is 23.6 Å². The fraction of sp³-hybridized carbons (Fsp3) is 0.667. The number of primary amides is 1. The lowest BCUT2D eigenvalue weighted by Gasteiger charge is -2.23. The molecule has 0 aromatic rings. The van der Waals surface area contributed by atoms with Gasteiger partial charge in [0.05, 0.1) is 19.1 Å². The van der Waals surface area contributed by atoms with E-state index in [-0.39, 0.29) is 5.75 Å². The number of thioether (sulfide) groups is 1. The first-order valence-electron chi connectivity index (χ1n) is 8.45. The average molecular weight is 454 g/mol. The molecule has 4 atom stereocenters. The topological polar surface area (TPSA) is 214 Å². The van der Waals surface area contributed by atoms with Crippen LogP contribution in [0, 0.1) is 0 Å². The first-order valence-corrected chi connectivity index (χ1v) is 10.5. The second-order valence-corrected chi connectivity index (χ2v) is 7.30. The van der Waals surface area contributed by atoms with Gasteiger partial charge < -0.3 is 37.6 Å². The highest BCUT2D eigenvalue weighted by Gasteiger charge is 2.30. The van der Waals surface area contributed by atoms with Gasteiger partial charge in [-0.05, 0) is 18.4 Å². The highest BCUT2D eigenvalue weighted by Crippen LogP contribution is 2.01. The highest BCUT2D eigenvalue weighted by atomic mass is 32.2. The second kappa shape index (κ2) is 14.0. The molecule has 0 aliphatic rings. The van der Waals surface area contributed by atoms with E-state index in [9.17, 15) is 29.1 Å². The van der Waals surface area contributed by atoms with E-state index < -0.39 is 66.8 Å². The number of carboxylic acid groups (broad SMARTS) is 1. The number of aliphatic hydroxyl groups is 1. The predicted octanol–water partition coefficient (Wildman–Crippen LogP) is -3.60. The number of nitrogens with one attached hydrogen (secondary N) is 3. The maximum Gasteiger partial charge on any atom is 0.327 e. The summed E-state index contributed by atoms with van der Waals surface area (Å²) in [5, 5.41) is 24.9. The Bertz CT molecular complexity index is 608. The van der Waals surface area contributed by atoms with E-state index in [4.69, 9.17) is 16.6 Å². The van der Waals surface area contributed by atoms with Crippen molar-refractivity contribution in [2.75, 3.05) is 24.4 Å². The van der Waals surface area contributed by atoms with Gasteiger partial charge in [-0.3, -0.25) is 19.2 Å². The zero-order valence-corrected chi connectivity index (χ0v) is 17.5. The summed E-state index contributed by atoms with van der Waals surface area (Å²) in [5.41, 5.74) is 10.8. The molecule has 0 bridgehead atoms. The molecule has 0 saturated heterocycles. The molecule has 29 heavy (non-hydrogen) atoms. The van der Waals surface area contributed by atoms with Crippen molar-refractivity contribution in [2.45, 2.75) is 37.0 Å². The van der Waals surface area contributed by atoms with Crippen molar-refractivity contribution in [1.82, 2.24) is 16.0 Å². The number of aliphatic carboxylic acids is 1. The molecule has 0 heterocycles. The molecule has 12 nitrogen and oxygen atoms in total. The zero-order chi connectivity index (χ0) is 22.6. The molecule has 0 aromatic carbocycles. The lowest BCUT2D eigenvalue weighted by molar-refractivity contribution is -0.141. The molecule has 166 valence electrons. The van der Waals surface area contributed by atoms with Crippen LogP contribution in [0.5, 0.6) is 0 Å². The molecule has 4 amide bonds. The zero-order valence-electron chi connectivity index (χ0n) is 15.8. The van der Waals surface area contributed by atoms with E-state index in [0.717, 1.165) is 0 Å². The SMILES string of the molecule is CSCCC(N)C(=O)NC(CO)C(=O)NC(CC(N)=O)C(=O)NC(CS)C(=O)O. The number of nitrogens with two attached hydrogens (primary N) is 2. The Morgan fingerprint density at radius 1 is 1.00 bits per heavy atom. The third-order valence-electron chi connectivity index (χ3n) is 3.62. The number of aliphatic hydroxyl groups excluding tert-OH is 1. The van der Waals surface area contributed by atoms with E-state index in [2.05, 4.69) is 28.6 Å². The first kappa shape index (κ1) is 27.0. The van der Waals surface area contributed by atoms with Gasteiger partial charge in [-0.25, -0.2) is 4.79 Å². The average Bonchev–Trinajstić information content (AvgIpc) is 2.66. The van der Waals surface area contributed by atoms with Gasteiger partial charge in [-0.15, -0.1) is 0 Å². The van der Waals surface area contributed by atoms with Crippen LogP contribution in [-0.4, -0.2) is 88.3 Å². The minimum Gasteiger partial charge on any atom is -0.480 e. The van der Waals surface area contributed by atoms with Crippen molar-refractivity contribution < 1.29 is 34.2 Å². The number of carboxylic acids is 1. The van der Waals surface area contributed by atoms with Crippen LogP contribution in [-0.2, 0) is 24.0 Å². The number of rotatable bonds is 14. The van der Waals surface area contributed by atoms with Crippen LogP contribution in [0.2, 0.25) is 0 Å². The third kappa shape index (κ3) is 10.3. The number of carbonyl (C=O) groups is 5. The van der Waals surface area contributed by atoms with Gasteiger partial charge in [0.1, 0.15) is 18.1 Å². The Kier molecular flexibility index (Phi) is 13.0. The fourth-order valence-corrected chi connectivity index (χ4v) is 2.73. The standard InChI is InChI=1S/C15H27N5O7S2/c1-29-3-2-7(16)12(23)19-9(5-21)14(25)18-8(4-11(17)22)13(24)20-10(6-28)15(26)27/h7-10,21,28H,2-6,16H2,1H3,(H2,17,22)(H,18,25)(H,19,23)(H,20,24)(H,26,27). The van der Waals surface area contributed by atoms with Gasteiger partial charge in [-0.2, -0.15) is 24.4 Å². The van der Waals surface area contributed by atoms with Gasteiger partial charge in [0, 0.05) is 5.75 Å². The Labute approximate surface area is 177 Å². The molecule has 0 aromatic heterocycles. The molecule has 0 saturated carbocycles. The van der Waals surface area contributed by atoms with Crippen LogP contribution in [0.25, 0.3) is 0 Å². The van der Waals surface area contributed by atoms with Crippen LogP contribution in [0.4, 0.5) is 0 Å². The van der Waals surface area contributed by atoms with Gasteiger partial charge in [0.25, 0.3) is 0 Å². The summed E-state index contributed by atoms with van der Waals surface area (Å²) in [6, 6.07) is -5.22. The fourth-order valence-electron chi connectivity index (χ4n) is 1.99. The van der Waals surface area contributed by atoms with Crippen molar-refractivity contribution in [3.8, 4) is 0 Å². The summed E-state index contributed by atoms with van der Waals surface area (Å²) in [7, 11) is 0. The largest absolute Gasteiger partial charge is 0.480 e. The number of thiol groups is 1. The summed E-state index contributed by atoms with van der Waals surface area (Å²) < 4.78 is 0. The van der Waals surface area contributed by atoms with Crippen LogP contribution in [0.3, 0.4) is 0 Å². The third-order valence-corrected chi connectivity index (χ3v) is 4.63. The molecule has 14 heteroatoms. The van der Waals surface area contributed by atoms with Crippen LogP contribution in [0.15, 0.2) is 0 Å². The number of hydrogen-bond acceptors (Lipinski definition) is 9. The Hall–Kier alpha value is -2.03. The smallest absolute Gasteiger partial charge is 0.327 e. The van der Waals surface area contributed by atoms with Crippen LogP contribution in [0.1, 0.15) is 12.8 Å². The van der Waals surface area contributed by atoms with Gasteiger partial charge in [-0.1, -0.05) is 0 Å². The molecule has 4 unspecified atom stereocenters. The van der Waals surface area contributed by atoms with E-state index in [0.29, 0.717) is 12.2 Å². The summed E-state index contributed by atoms with van der Waals surface area (Å²) in [4.78, 5) is 58.8. The van der Waals surface area contributed by atoms with Gasteiger partial charge in [0.15, 0.2) is 0 Å². The lowest BCUT2D eigenvalue weighted by Crippen LogP contribution is -2.58. The second-order valence-electron chi connectivity index (χ2n) is 5.95. The molecule has 0 fully saturated rings.